The number of amides is 1. The molecule has 3 heteroatoms. The number of piperazine rings is 1. The zero-order valence-electron chi connectivity index (χ0n) is 15.0. The summed E-state index contributed by atoms with van der Waals surface area (Å²) in [6.07, 6.45) is 16.1. The van der Waals surface area contributed by atoms with Gasteiger partial charge in [0, 0.05) is 19.1 Å². The van der Waals surface area contributed by atoms with Gasteiger partial charge in [-0.15, -0.1) is 0 Å². The minimum atomic E-state index is 0.216. The number of hydrogen-bond donors (Lipinski definition) is 1. The Kier molecular flexibility index (Phi) is 11.4. The SMILES string of the molecule is CCCCCCCC(CCCCCCC)N1CCNC(=O)C1. The molecule has 3 nitrogen and oxygen atoms in total. The highest BCUT2D eigenvalue weighted by Gasteiger charge is 2.23. The molecule has 0 radical (unpaired) electrons. The van der Waals surface area contributed by atoms with Gasteiger partial charge < -0.3 is 5.32 Å². The second-order valence-electron chi connectivity index (χ2n) is 6.88. The van der Waals surface area contributed by atoms with Crippen molar-refractivity contribution in [3.63, 3.8) is 0 Å². The van der Waals surface area contributed by atoms with Crippen LogP contribution in [0.5, 0.6) is 0 Å². The van der Waals surface area contributed by atoms with Gasteiger partial charge in [0.1, 0.15) is 0 Å². The molecule has 22 heavy (non-hydrogen) atoms. The molecule has 1 aliphatic rings. The van der Waals surface area contributed by atoms with Crippen LogP contribution in [0.25, 0.3) is 0 Å². The minimum Gasteiger partial charge on any atom is -0.354 e. The van der Waals surface area contributed by atoms with Crippen molar-refractivity contribution in [3.05, 3.63) is 0 Å². The summed E-state index contributed by atoms with van der Waals surface area (Å²) in [5, 5.41) is 2.95. The van der Waals surface area contributed by atoms with E-state index in [4.69, 9.17) is 0 Å². The van der Waals surface area contributed by atoms with E-state index in [0.717, 1.165) is 13.1 Å². The van der Waals surface area contributed by atoms with Crippen molar-refractivity contribution < 1.29 is 4.79 Å². The Morgan fingerprint density at radius 1 is 0.909 bits per heavy atom. The van der Waals surface area contributed by atoms with Crippen LogP contribution in [0.3, 0.4) is 0 Å². The Hall–Kier alpha value is -0.570. The summed E-state index contributed by atoms with van der Waals surface area (Å²) in [5.41, 5.74) is 0. The van der Waals surface area contributed by atoms with Gasteiger partial charge >= 0.3 is 0 Å². The number of carbonyl (C=O) groups is 1. The number of nitrogens with one attached hydrogen (secondary N) is 1. The second-order valence-corrected chi connectivity index (χ2v) is 6.88. The van der Waals surface area contributed by atoms with Crippen LogP contribution in [0.4, 0.5) is 0 Å². The summed E-state index contributed by atoms with van der Waals surface area (Å²) in [4.78, 5) is 14.1. The molecule has 0 bridgehead atoms. The highest BCUT2D eigenvalue weighted by Crippen LogP contribution is 2.19. The van der Waals surface area contributed by atoms with Crippen molar-refractivity contribution in [1.29, 1.82) is 0 Å². The first-order valence-electron chi connectivity index (χ1n) is 9.78. The number of hydrogen-bond acceptors (Lipinski definition) is 2. The first-order valence-corrected chi connectivity index (χ1v) is 9.78. The van der Waals surface area contributed by atoms with Gasteiger partial charge in [0.2, 0.25) is 5.91 Å². The van der Waals surface area contributed by atoms with Gasteiger partial charge in [0.15, 0.2) is 0 Å². The van der Waals surface area contributed by atoms with Crippen molar-refractivity contribution in [3.8, 4) is 0 Å². The summed E-state index contributed by atoms with van der Waals surface area (Å²) in [6.45, 7) is 7.03. The molecule has 0 atom stereocenters. The van der Waals surface area contributed by atoms with Gasteiger partial charge in [-0.1, -0.05) is 78.1 Å². The third kappa shape index (κ3) is 8.77. The minimum absolute atomic E-state index is 0.216. The molecule has 0 spiro atoms. The van der Waals surface area contributed by atoms with Gasteiger partial charge in [-0.3, -0.25) is 9.69 Å². The summed E-state index contributed by atoms with van der Waals surface area (Å²) >= 11 is 0. The molecular formula is C19H38N2O. The fourth-order valence-electron chi connectivity index (χ4n) is 3.45. The van der Waals surface area contributed by atoms with Gasteiger partial charge in [-0.25, -0.2) is 0 Å². The van der Waals surface area contributed by atoms with Crippen LogP contribution < -0.4 is 5.32 Å². The molecule has 1 fully saturated rings. The molecule has 1 heterocycles. The molecular weight excluding hydrogens is 272 g/mol. The number of nitrogens with zero attached hydrogens (tertiary/aromatic N) is 1. The lowest BCUT2D eigenvalue weighted by molar-refractivity contribution is -0.125. The average Bonchev–Trinajstić information content (AvgIpc) is 2.52. The van der Waals surface area contributed by atoms with E-state index >= 15 is 0 Å². The van der Waals surface area contributed by atoms with E-state index in [1.54, 1.807) is 0 Å². The molecule has 1 saturated heterocycles. The van der Waals surface area contributed by atoms with Crippen molar-refractivity contribution in [2.45, 2.75) is 96.9 Å². The first-order chi connectivity index (χ1) is 10.8. The fourth-order valence-corrected chi connectivity index (χ4v) is 3.45. The topological polar surface area (TPSA) is 32.3 Å². The molecule has 0 aromatic rings. The maximum Gasteiger partial charge on any atom is 0.234 e. The van der Waals surface area contributed by atoms with Gasteiger partial charge in [-0.05, 0) is 12.8 Å². The van der Waals surface area contributed by atoms with Crippen LogP contribution in [-0.4, -0.2) is 36.5 Å². The summed E-state index contributed by atoms with van der Waals surface area (Å²) in [7, 11) is 0. The van der Waals surface area contributed by atoms with Crippen molar-refractivity contribution >= 4 is 5.91 Å². The number of rotatable bonds is 13. The number of carbonyl (C=O) groups excluding carboxylic acids is 1. The fraction of sp³-hybridized carbons (Fsp3) is 0.947. The van der Waals surface area contributed by atoms with E-state index in [-0.39, 0.29) is 5.91 Å². The smallest absolute Gasteiger partial charge is 0.234 e. The first kappa shape index (κ1) is 19.5. The Bertz CT molecular complexity index is 267. The standard InChI is InChI=1S/C19H38N2O/c1-3-5-7-9-11-13-18(14-12-10-8-6-4-2)21-16-15-20-19(22)17-21/h18H,3-17H2,1-2H3,(H,20,22). The third-order valence-corrected chi connectivity index (χ3v) is 4.87. The van der Waals surface area contributed by atoms with Crippen molar-refractivity contribution in [1.82, 2.24) is 10.2 Å². The maximum atomic E-state index is 11.7. The maximum absolute atomic E-state index is 11.7. The molecule has 0 aliphatic carbocycles. The molecule has 1 amide bonds. The summed E-state index contributed by atoms with van der Waals surface area (Å²) in [6, 6.07) is 0.634. The highest BCUT2D eigenvalue weighted by molar-refractivity contribution is 5.78. The van der Waals surface area contributed by atoms with Crippen LogP contribution >= 0.6 is 0 Å². The van der Waals surface area contributed by atoms with Gasteiger partial charge in [0.05, 0.1) is 6.54 Å². The van der Waals surface area contributed by atoms with Crippen LogP contribution in [0.15, 0.2) is 0 Å². The molecule has 0 aromatic carbocycles. The van der Waals surface area contributed by atoms with Crippen LogP contribution in [0.2, 0.25) is 0 Å². The molecule has 1 rings (SSSR count). The van der Waals surface area contributed by atoms with Gasteiger partial charge in [0.25, 0.3) is 0 Å². The van der Waals surface area contributed by atoms with E-state index in [2.05, 4.69) is 24.1 Å². The number of unbranched alkanes of at least 4 members (excludes halogenated alkanes) is 8. The second kappa shape index (κ2) is 12.9. The Morgan fingerprint density at radius 3 is 1.95 bits per heavy atom. The van der Waals surface area contributed by atoms with Crippen molar-refractivity contribution in [2.75, 3.05) is 19.6 Å². The molecule has 0 aromatic heterocycles. The van der Waals surface area contributed by atoms with E-state index in [1.807, 2.05) is 0 Å². The zero-order chi connectivity index (χ0) is 16.0. The Balaban J connectivity index is 2.29. The highest BCUT2D eigenvalue weighted by atomic mass is 16.2. The van der Waals surface area contributed by atoms with Crippen molar-refractivity contribution in [2.24, 2.45) is 0 Å². The predicted molar refractivity (Wildman–Crippen MR) is 95.1 cm³/mol. The lowest BCUT2D eigenvalue weighted by Gasteiger charge is -2.34. The molecule has 1 N–H and O–H groups in total. The molecule has 130 valence electrons. The summed E-state index contributed by atoms with van der Waals surface area (Å²) in [5.74, 6) is 0.216. The monoisotopic (exact) mass is 310 g/mol. The van der Waals surface area contributed by atoms with Crippen LogP contribution in [0, 0.1) is 0 Å². The Labute approximate surface area is 138 Å². The largest absolute Gasteiger partial charge is 0.354 e. The van der Waals surface area contributed by atoms with Gasteiger partial charge in [-0.2, -0.15) is 0 Å². The molecule has 0 saturated carbocycles. The zero-order valence-corrected chi connectivity index (χ0v) is 15.0. The van der Waals surface area contributed by atoms with E-state index < -0.39 is 0 Å². The van der Waals surface area contributed by atoms with E-state index in [0.29, 0.717) is 12.6 Å². The molecule has 1 aliphatic heterocycles. The van der Waals surface area contributed by atoms with Crippen LogP contribution in [0.1, 0.15) is 90.9 Å². The predicted octanol–water partition coefficient (Wildman–Crippen LogP) is 4.51. The average molecular weight is 311 g/mol. The lowest BCUT2D eigenvalue weighted by atomic mass is 9.98. The summed E-state index contributed by atoms with van der Waals surface area (Å²) < 4.78 is 0. The normalized spacial score (nSPS) is 16.2. The molecule has 0 unspecified atom stereocenters. The van der Waals surface area contributed by atoms with E-state index in [9.17, 15) is 4.79 Å². The third-order valence-electron chi connectivity index (χ3n) is 4.87. The Morgan fingerprint density at radius 2 is 1.45 bits per heavy atom. The van der Waals surface area contributed by atoms with E-state index in [1.165, 1.54) is 77.0 Å². The van der Waals surface area contributed by atoms with Crippen LogP contribution in [-0.2, 0) is 4.79 Å². The quantitative estimate of drug-likeness (QED) is 0.508. The lowest BCUT2D eigenvalue weighted by Crippen LogP contribution is -2.51.